The molecule has 1 fully saturated rings. The van der Waals surface area contributed by atoms with Gasteiger partial charge >= 0.3 is 12.1 Å². The van der Waals surface area contributed by atoms with Crippen molar-refractivity contribution >= 4 is 23.6 Å². The second kappa shape index (κ2) is 9.81. The van der Waals surface area contributed by atoms with Gasteiger partial charge < -0.3 is 25.2 Å². The Morgan fingerprint density at radius 1 is 1.24 bits per heavy atom. The van der Waals surface area contributed by atoms with Crippen molar-refractivity contribution in [2.75, 3.05) is 26.3 Å². The van der Waals surface area contributed by atoms with Crippen LogP contribution in [0, 0.1) is 6.92 Å². The molecule has 0 saturated carbocycles. The summed E-state index contributed by atoms with van der Waals surface area (Å²) in [6, 6.07) is 4.76. The molecule has 33 heavy (non-hydrogen) atoms. The Labute approximate surface area is 185 Å². The quantitative estimate of drug-likeness (QED) is 0.495. The maximum Gasteiger partial charge on any atom is 0.473 e. The number of aromatic nitrogens is 1. The predicted octanol–water partition coefficient (Wildman–Crippen LogP) is 1.05. The van der Waals surface area contributed by atoms with Gasteiger partial charge in [0.25, 0.3) is 11.8 Å². The predicted molar refractivity (Wildman–Crippen MR) is 107 cm³/mol. The van der Waals surface area contributed by atoms with Crippen LogP contribution in [0.3, 0.4) is 0 Å². The van der Waals surface area contributed by atoms with Gasteiger partial charge in [-0.1, -0.05) is 17.3 Å². The highest BCUT2D eigenvalue weighted by Gasteiger charge is 2.38. The SMILES string of the molecule is Cc1oncc1C(=O)N1CCOCC1CNC(=O)c1ccc(C(N)=NC(=O)C(F)(F)F)cc1. The Morgan fingerprint density at radius 3 is 2.52 bits per heavy atom. The summed E-state index contributed by atoms with van der Waals surface area (Å²) < 4.78 is 47.3. The molecule has 2 aromatic rings. The molecule has 3 N–H and O–H groups in total. The zero-order valence-electron chi connectivity index (χ0n) is 17.4. The van der Waals surface area contributed by atoms with Crippen molar-refractivity contribution in [1.29, 1.82) is 0 Å². The minimum Gasteiger partial charge on any atom is -0.383 e. The van der Waals surface area contributed by atoms with Crippen LogP contribution in [-0.2, 0) is 9.53 Å². The number of nitrogens with zero attached hydrogens (tertiary/aromatic N) is 3. The van der Waals surface area contributed by atoms with E-state index in [4.69, 9.17) is 15.0 Å². The van der Waals surface area contributed by atoms with Crippen molar-refractivity contribution in [2.24, 2.45) is 10.7 Å². The number of morpholine rings is 1. The number of carbonyl (C=O) groups is 3. The Morgan fingerprint density at radius 2 is 1.91 bits per heavy atom. The van der Waals surface area contributed by atoms with Gasteiger partial charge in [0.05, 0.1) is 25.5 Å². The van der Waals surface area contributed by atoms with Gasteiger partial charge in [0.15, 0.2) is 0 Å². The minimum atomic E-state index is -5.13. The summed E-state index contributed by atoms with van der Waals surface area (Å²) in [4.78, 5) is 40.6. The molecular formula is C20H20F3N5O5. The summed E-state index contributed by atoms with van der Waals surface area (Å²) in [6.45, 7) is 2.61. The van der Waals surface area contributed by atoms with Crippen LogP contribution in [0.1, 0.15) is 32.0 Å². The van der Waals surface area contributed by atoms with Crippen LogP contribution in [0.5, 0.6) is 0 Å². The van der Waals surface area contributed by atoms with Crippen LogP contribution >= 0.6 is 0 Å². The number of nitrogens with one attached hydrogen (secondary N) is 1. The van der Waals surface area contributed by atoms with Crippen LogP contribution in [-0.4, -0.2) is 72.1 Å². The average molecular weight is 467 g/mol. The van der Waals surface area contributed by atoms with Gasteiger partial charge in [0.1, 0.15) is 17.2 Å². The number of amidine groups is 1. The zero-order chi connectivity index (χ0) is 24.2. The number of amides is 3. The molecule has 1 atom stereocenters. The lowest BCUT2D eigenvalue weighted by Crippen LogP contribution is -2.53. The van der Waals surface area contributed by atoms with E-state index in [2.05, 4.69) is 15.5 Å². The van der Waals surface area contributed by atoms with Gasteiger partial charge in [-0.05, 0) is 19.1 Å². The van der Waals surface area contributed by atoms with Crippen LogP contribution in [0.15, 0.2) is 40.0 Å². The molecule has 3 rings (SSSR count). The summed E-state index contributed by atoms with van der Waals surface area (Å²) in [5.41, 5.74) is 6.00. The molecule has 0 radical (unpaired) electrons. The van der Waals surface area contributed by atoms with Crippen molar-refractivity contribution in [3.8, 4) is 0 Å². The Hall–Kier alpha value is -3.74. The smallest absolute Gasteiger partial charge is 0.383 e. The standard InChI is InChI=1S/C20H20F3N5O5/c1-11-15(9-26-33-11)18(30)28-6-7-32-10-14(28)8-25-17(29)13-4-2-12(3-5-13)16(24)27-19(31)20(21,22)23/h2-5,9,14H,6-8,10H2,1H3,(H,25,29)(H2,24,27,31). The maximum absolute atomic E-state index is 12.8. The largest absolute Gasteiger partial charge is 0.473 e. The topological polar surface area (TPSA) is 140 Å². The minimum absolute atomic E-state index is 0.0469. The molecule has 176 valence electrons. The van der Waals surface area contributed by atoms with Gasteiger partial charge in [-0.25, -0.2) is 0 Å². The van der Waals surface area contributed by atoms with Gasteiger partial charge in [-0.2, -0.15) is 18.2 Å². The van der Waals surface area contributed by atoms with Crippen molar-refractivity contribution in [3.63, 3.8) is 0 Å². The fourth-order valence-electron chi connectivity index (χ4n) is 3.09. The first-order valence-electron chi connectivity index (χ1n) is 9.72. The van der Waals surface area contributed by atoms with E-state index in [1.807, 2.05) is 0 Å². The van der Waals surface area contributed by atoms with Crippen LogP contribution in [0.4, 0.5) is 13.2 Å². The lowest BCUT2D eigenvalue weighted by molar-refractivity contribution is -0.169. The first-order chi connectivity index (χ1) is 15.6. The molecule has 3 amide bonds. The highest BCUT2D eigenvalue weighted by atomic mass is 19.4. The fraction of sp³-hybridized carbons (Fsp3) is 0.350. The molecule has 2 heterocycles. The molecule has 1 aromatic carbocycles. The van der Waals surface area contributed by atoms with Crippen molar-refractivity contribution in [2.45, 2.75) is 19.1 Å². The van der Waals surface area contributed by atoms with Gasteiger partial charge in [0.2, 0.25) is 0 Å². The molecule has 1 aliphatic heterocycles. The first kappa shape index (κ1) is 23.9. The second-order valence-electron chi connectivity index (χ2n) is 7.11. The van der Waals surface area contributed by atoms with E-state index in [9.17, 15) is 27.6 Å². The maximum atomic E-state index is 12.8. The fourth-order valence-corrected chi connectivity index (χ4v) is 3.09. The monoisotopic (exact) mass is 467 g/mol. The highest BCUT2D eigenvalue weighted by molar-refractivity contribution is 6.05. The van der Waals surface area contributed by atoms with E-state index in [1.54, 1.807) is 11.8 Å². The number of aliphatic imine (C=N–C) groups is 1. The van der Waals surface area contributed by atoms with Crippen molar-refractivity contribution in [3.05, 3.63) is 52.9 Å². The molecule has 0 bridgehead atoms. The number of nitrogens with two attached hydrogens (primary N) is 1. The lowest BCUT2D eigenvalue weighted by Gasteiger charge is -2.35. The van der Waals surface area contributed by atoms with E-state index in [0.717, 1.165) is 0 Å². The lowest BCUT2D eigenvalue weighted by atomic mass is 10.1. The summed E-state index contributed by atoms with van der Waals surface area (Å²) in [5.74, 6) is -3.33. The normalized spacial score (nSPS) is 17.0. The summed E-state index contributed by atoms with van der Waals surface area (Å²) in [7, 11) is 0. The first-order valence-corrected chi connectivity index (χ1v) is 9.72. The summed E-state index contributed by atoms with van der Waals surface area (Å²) >= 11 is 0. The van der Waals surface area contributed by atoms with E-state index in [0.29, 0.717) is 24.5 Å². The summed E-state index contributed by atoms with van der Waals surface area (Å²) in [6.07, 6.45) is -3.79. The number of alkyl halides is 3. The van der Waals surface area contributed by atoms with E-state index in [-0.39, 0.29) is 30.2 Å². The van der Waals surface area contributed by atoms with Crippen LogP contribution in [0.25, 0.3) is 0 Å². The number of halogens is 3. The van der Waals surface area contributed by atoms with Crippen LogP contribution in [0.2, 0.25) is 0 Å². The van der Waals surface area contributed by atoms with Gasteiger partial charge in [-0.15, -0.1) is 0 Å². The highest BCUT2D eigenvalue weighted by Crippen LogP contribution is 2.17. The van der Waals surface area contributed by atoms with Crippen LogP contribution < -0.4 is 11.1 Å². The van der Waals surface area contributed by atoms with E-state index < -0.39 is 29.9 Å². The average Bonchev–Trinajstić information content (AvgIpc) is 3.22. The molecule has 1 aliphatic rings. The number of rotatable bonds is 5. The third kappa shape index (κ3) is 5.74. The Balaban J connectivity index is 1.62. The third-order valence-electron chi connectivity index (χ3n) is 4.88. The molecule has 1 aromatic heterocycles. The van der Waals surface area contributed by atoms with Crippen molar-refractivity contribution < 1.29 is 36.8 Å². The third-order valence-corrected chi connectivity index (χ3v) is 4.88. The molecule has 1 saturated heterocycles. The van der Waals surface area contributed by atoms with E-state index in [1.165, 1.54) is 30.5 Å². The Kier molecular flexibility index (Phi) is 7.11. The number of carbonyl (C=O) groups excluding carboxylic acids is 3. The number of ether oxygens (including phenoxy) is 1. The number of aryl methyl sites for hydroxylation is 1. The molecule has 1 unspecified atom stereocenters. The zero-order valence-corrected chi connectivity index (χ0v) is 17.4. The van der Waals surface area contributed by atoms with Crippen molar-refractivity contribution in [1.82, 2.24) is 15.4 Å². The number of hydrogen-bond acceptors (Lipinski definition) is 6. The number of hydrogen-bond donors (Lipinski definition) is 2. The number of benzene rings is 1. The molecule has 0 spiro atoms. The Bertz CT molecular complexity index is 1060. The van der Waals surface area contributed by atoms with Gasteiger partial charge in [0, 0.05) is 24.2 Å². The molecular weight excluding hydrogens is 447 g/mol. The molecule has 10 nitrogen and oxygen atoms in total. The molecule has 13 heteroatoms. The second-order valence-corrected chi connectivity index (χ2v) is 7.11. The van der Waals surface area contributed by atoms with Gasteiger partial charge in [-0.3, -0.25) is 14.4 Å². The molecule has 0 aliphatic carbocycles. The van der Waals surface area contributed by atoms with E-state index >= 15 is 0 Å². The summed E-state index contributed by atoms with van der Waals surface area (Å²) in [5, 5.41) is 6.31.